The van der Waals surface area contributed by atoms with E-state index in [1.165, 1.54) is 0 Å². The van der Waals surface area contributed by atoms with E-state index < -0.39 is 0 Å². The van der Waals surface area contributed by atoms with Crippen molar-refractivity contribution in [1.29, 1.82) is 5.26 Å². The Morgan fingerprint density at radius 3 is 2.71 bits per heavy atom. The molecular formula is C14H17ClN2. The predicted molar refractivity (Wildman–Crippen MR) is 68.6 cm³/mol. The van der Waals surface area contributed by atoms with Gasteiger partial charge in [-0.05, 0) is 49.7 Å². The zero-order chi connectivity index (χ0) is 12.3. The largest absolute Gasteiger partial charge is 0.244 e. The van der Waals surface area contributed by atoms with Gasteiger partial charge in [0.1, 0.15) is 5.15 Å². The maximum atomic E-state index is 9.45. The molecule has 0 N–H and O–H groups in total. The molecule has 1 aromatic rings. The number of rotatable bonds is 2. The number of hydrogen-bond acceptors (Lipinski definition) is 2. The van der Waals surface area contributed by atoms with Gasteiger partial charge in [-0.15, -0.1) is 0 Å². The summed E-state index contributed by atoms with van der Waals surface area (Å²) in [6, 6.07) is 6.32. The Morgan fingerprint density at radius 1 is 1.47 bits per heavy atom. The Bertz CT molecular complexity index is 411. The van der Waals surface area contributed by atoms with Crippen molar-refractivity contribution in [3.05, 3.63) is 29.0 Å². The average molecular weight is 249 g/mol. The van der Waals surface area contributed by atoms with Crippen molar-refractivity contribution in [1.82, 2.24) is 4.98 Å². The molecule has 0 radical (unpaired) electrons. The first-order valence-electron chi connectivity index (χ1n) is 6.15. The van der Waals surface area contributed by atoms with Gasteiger partial charge < -0.3 is 0 Å². The summed E-state index contributed by atoms with van der Waals surface area (Å²) in [6.07, 6.45) is 6.93. The summed E-state index contributed by atoms with van der Waals surface area (Å²) in [6.45, 7) is 2.27. The first-order chi connectivity index (χ1) is 8.13. The minimum absolute atomic E-state index is 0.179. The Hall–Kier alpha value is -1.07. The number of nitriles is 1. The van der Waals surface area contributed by atoms with Gasteiger partial charge in [-0.3, -0.25) is 0 Å². The van der Waals surface area contributed by atoms with Gasteiger partial charge in [-0.2, -0.15) is 5.26 Å². The highest BCUT2D eigenvalue weighted by Gasteiger charge is 2.34. The van der Waals surface area contributed by atoms with Gasteiger partial charge in [0, 0.05) is 6.20 Å². The van der Waals surface area contributed by atoms with Crippen LogP contribution in [0.2, 0.25) is 5.15 Å². The topological polar surface area (TPSA) is 36.7 Å². The van der Waals surface area contributed by atoms with E-state index in [1.807, 2.05) is 6.07 Å². The molecule has 2 nitrogen and oxygen atoms in total. The van der Waals surface area contributed by atoms with Gasteiger partial charge in [0.2, 0.25) is 0 Å². The van der Waals surface area contributed by atoms with Crippen molar-refractivity contribution in [2.75, 3.05) is 0 Å². The summed E-state index contributed by atoms with van der Waals surface area (Å²) in [5.74, 6) is 0.764. The lowest BCUT2D eigenvalue weighted by atomic mass is 9.69. The van der Waals surface area contributed by atoms with Crippen molar-refractivity contribution in [3.63, 3.8) is 0 Å². The van der Waals surface area contributed by atoms with Gasteiger partial charge in [-0.25, -0.2) is 4.98 Å². The van der Waals surface area contributed by atoms with E-state index in [-0.39, 0.29) is 5.41 Å². The Labute approximate surface area is 108 Å². The lowest BCUT2D eigenvalue weighted by Gasteiger charge is -2.33. The fraction of sp³-hybridized carbons (Fsp3) is 0.571. The summed E-state index contributed by atoms with van der Waals surface area (Å²) >= 11 is 5.77. The molecule has 0 saturated heterocycles. The van der Waals surface area contributed by atoms with Gasteiger partial charge in [0.15, 0.2) is 0 Å². The maximum absolute atomic E-state index is 9.45. The highest BCUT2D eigenvalue weighted by atomic mass is 35.5. The lowest BCUT2D eigenvalue weighted by molar-refractivity contribution is 0.219. The second-order valence-electron chi connectivity index (χ2n) is 5.24. The van der Waals surface area contributed by atoms with Crippen LogP contribution in [0.15, 0.2) is 18.3 Å². The smallest absolute Gasteiger partial charge is 0.129 e. The van der Waals surface area contributed by atoms with Crippen molar-refractivity contribution >= 4 is 11.6 Å². The molecule has 0 unspecified atom stereocenters. The summed E-state index contributed by atoms with van der Waals surface area (Å²) in [5.41, 5.74) is 0.938. The standard InChI is InChI=1S/C14H17ClN2/c1-11-4-6-14(10-16,7-5-11)8-12-2-3-13(15)17-9-12/h2-3,9,11H,4-8H2,1H3. The second kappa shape index (κ2) is 5.06. The van der Waals surface area contributed by atoms with Crippen molar-refractivity contribution in [2.45, 2.75) is 39.0 Å². The Morgan fingerprint density at radius 2 is 2.18 bits per heavy atom. The number of nitrogens with zero attached hydrogens (tertiary/aromatic N) is 2. The molecular weight excluding hydrogens is 232 g/mol. The van der Waals surface area contributed by atoms with Crippen LogP contribution in [-0.2, 0) is 6.42 Å². The zero-order valence-electron chi connectivity index (χ0n) is 10.1. The fourth-order valence-corrected chi connectivity index (χ4v) is 2.66. The van der Waals surface area contributed by atoms with E-state index in [2.05, 4.69) is 18.0 Å². The van der Waals surface area contributed by atoms with Crippen LogP contribution in [0.3, 0.4) is 0 Å². The van der Waals surface area contributed by atoms with Crippen LogP contribution in [0, 0.1) is 22.7 Å². The molecule has 1 heterocycles. The third-order valence-corrected chi connectivity index (χ3v) is 4.02. The normalized spacial score (nSPS) is 28.6. The van der Waals surface area contributed by atoms with Crippen LogP contribution in [0.4, 0.5) is 0 Å². The molecule has 0 aliphatic heterocycles. The quantitative estimate of drug-likeness (QED) is 0.742. The molecule has 1 aliphatic carbocycles. The van der Waals surface area contributed by atoms with Crippen molar-refractivity contribution in [2.24, 2.45) is 11.3 Å². The molecule has 0 aromatic carbocycles. The first-order valence-corrected chi connectivity index (χ1v) is 6.53. The molecule has 0 bridgehead atoms. The molecule has 0 atom stereocenters. The van der Waals surface area contributed by atoms with Crippen molar-refractivity contribution < 1.29 is 0 Å². The third kappa shape index (κ3) is 2.98. The van der Waals surface area contributed by atoms with E-state index in [1.54, 1.807) is 12.3 Å². The van der Waals surface area contributed by atoms with E-state index in [9.17, 15) is 5.26 Å². The SMILES string of the molecule is CC1CCC(C#N)(Cc2ccc(Cl)nc2)CC1. The van der Waals surface area contributed by atoms with Crippen LogP contribution in [-0.4, -0.2) is 4.98 Å². The molecule has 1 fully saturated rings. The molecule has 1 saturated carbocycles. The first kappa shape index (κ1) is 12.4. The summed E-state index contributed by atoms with van der Waals surface area (Å²) < 4.78 is 0. The van der Waals surface area contributed by atoms with E-state index in [0.29, 0.717) is 5.15 Å². The lowest BCUT2D eigenvalue weighted by Crippen LogP contribution is -2.27. The Balaban J connectivity index is 2.10. The van der Waals surface area contributed by atoms with Crippen LogP contribution < -0.4 is 0 Å². The molecule has 2 rings (SSSR count). The summed E-state index contributed by atoms with van der Waals surface area (Å²) in [5, 5.41) is 9.96. The molecule has 90 valence electrons. The highest BCUT2D eigenvalue weighted by Crippen LogP contribution is 2.40. The molecule has 1 aliphatic rings. The van der Waals surface area contributed by atoms with Gasteiger partial charge in [0.25, 0.3) is 0 Å². The van der Waals surface area contributed by atoms with Gasteiger partial charge >= 0.3 is 0 Å². The average Bonchev–Trinajstić information content (AvgIpc) is 2.35. The minimum Gasteiger partial charge on any atom is -0.244 e. The number of pyridine rings is 1. The van der Waals surface area contributed by atoms with Gasteiger partial charge in [-0.1, -0.05) is 24.6 Å². The molecule has 0 spiro atoms. The zero-order valence-corrected chi connectivity index (χ0v) is 10.9. The molecule has 0 amide bonds. The van der Waals surface area contributed by atoms with Gasteiger partial charge in [0.05, 0.1) is 11.5 Å². The van der Waals surface area contributed by atoms with E-state index in [0.717, 1.165) is 43.6 Å². The maximum Gasteiger partial charge on any atom is 0.129 e. The highest BCUT2D eigenvalue weighted by molar-refractivity contribution is 6.29. The second-order valence-corrected chi connectivity index (χ2v) is 5.63. The minimum atomic E-state index is -0.179. The number of aromatic nitrogens is 1. The molecule has 3 heteroatoms. The van der Waals surface area contributed by atoms with Crippen LogP contribution in [0.1, 0.15) is 38.2 Å². The van der Waals surface area contributed by atoms with E-state index in [4.69, 9.17) is 11.6 Å². The van der Waals surface area contributed by atoms with Crippen LogP contribution in [0.5, 0.6) is 0 Å². The van der Waals surface area contributed by atoms with Crippen LogP contribution in [0.25, 0.3) is 0 Å². The summed E-state index contributed by atoms with van der Waals surface area (Å²) in [7, 11) is 0. The molecule has 1 aromatic heterocycles. The van der Waals surface area contributed by atoms with Crippen molar-refractivity contribution in [3.8, 4) is 6.07 Å². The van der Waals surface area contributed by atoms with Crippen LogP contribution >= 0.6 is 11.6 Å². The summed E-state index contributed by atoms with van der Waals surface area (Å²) in [4.78, 5) is 4.08. The Kier molecular flexibility index (Phi) is 3.69. The predicted octanol–water partition coefficient (Wildman–Crippen LogP) is 4.00. The molecule has 17 heavy (non-hydrogen) atoms. The monoisotopic (exact) mass is 248 g/mol. The van der Waals surface area contributed by atoms with E-state index >= 15 is 0 Å². The fourth-order valence-electron chi connectivity index (χ4n) is 2.54. The third-order valence-electron chi connectivity index (χ3n) is 3.80. The number of hydrogen-bond donors (Lipinski definition) is 0. The number of halogens is 1.